The molecule has 1 atom stereocenters. The molecule has 10 nitrogen and oxygen atoms in total. The zero-order valence-electron chi connectivity index (χ0n) is 15.6. The summed E-state index contributed by atoms with van der Waals surface area (Å²) in [5.41, 5.74) is 2.06. The third-order valence-corrected chi connectivity index (χ3v) is 4.69. The highest BCUT2D eigenvalue weighted by atomic mass is 32.1. The van der Waals surface area contributed by atoms with E-state index in [2.05, 4.69) is 41.2 Å². The van der Waals surface area contributed by atoms with E-state index in [4.69, 9.17) is 0 Å². The van der Waals surface area contributed by atoms with E-state index in [1.54, 1.807) is 26.4 Å². The Balaban J connectivity index is 2.02. The summed E-state index contributed by atoms with van der Waals surface area (Å²) in [5, 5.41) is 11.5. The summed E-state index contributed by atoms with van der Waals surface area (Å²) in [6, 6.07) is 1.00. The van der Waals surface area contributed by atoms with Crippen molar-refractivity contribution in [2.24, 2.45) is 0 Å². The molecule has 0 unspecified atom stereocenters. The fraction of sp³-hybridized carbons (Fsp3) is 0.294. The van der Waals surface area contributed by atoms with Crippen LogP contribution in [0.3, 0.4) is 0 Å². The van der Waals surface area contributed by atoms with E-state index >= 15 is 0 Å². The van der Waals surface area contributed by atoms with Gasteiger partial charge in [0, 0.05) is 37.1 Å². The molecule has 3 heterocycles. The topological polar surface area (TPSA) is 134 Å². The number of likely N-dealkylation sites (N-methyl/N-ethyl adjacent to an activating group) is 1. The van der Waals surface area contributed by atoms with Gasteiger partial charge in [0.05, 0.1) is 0 Å². The largest absolute Gasteiger partial charge is 0.358 e. The van der Waals surface area contributed by atoms with Crippen molar-refractivity contribution in [1.29, 1.82) is 0 Å². The smallest absolute Gasteiger partial charge is 0.321 e. The molecule has 3 rings (SSSR count). The number of rotatable bonds is 6. The molecule has 3 aromatic heterocycles. The Kier molecular flexibility index (Phi) is 5.94. The van der Waals surface area contributed by atoms with Crippen molar-refractivity contribution in [1.82, 2.24) is 30.6 Å². The van der Waals surface area contributed by atoms with Crippen LogP contribution >= 0.6 is 11.3 Å². The van der Waals surface area contributed by atoms with Crippen LogP contribution in [0.25, 0.3) is 21.5 Å². The normalized spacial score (nSPS) is 11.7. The first kappa shape index (κ1) is 19.4. The van der Waals surface area contributed by atoms with Gasteiger partial charge in [-0.2, -0.15) is 0 Å². The second-order valence-electron chi connectivity index (χ2n) is 5.82. The number of amides is 3. The SMILES string of the molecule is CCNC(=O)Nc1nc2cc(-c3cncnc3)c(N[C@@H](C)C(=O)NC)nc2s1. The number of aromatic nitrogens is 4. The molecule has 0 aliphatic heterocycles. The lowest BCUT2D eigenvalue weighted by atomic mass is 10.1. The molecule has 3 amide bonds. The summed E-state index contributed by atoms with van der Waals surface area (Å²) in [6.45, 7) is 4.09. The lowest BCUT2D eigenvalue weighted by Crippen LogP contribution is -2.35. The summed E-state index contributed by atoms with van der Waals surface area (Å²) < 4.78 is 0. The first-order valence-electron chi connectivity index (χ1n) is 8.61. The molecule has 0 aliphatic carbocycles. The summed E-state index contributed by atoms with van der Waals surface area (Å²) >= 11 is 1.24. The minimum atomic E-state index is -0.501. The van der Waals surface area contributed by atoms with Crippen LogP contribution in [-0.4, -0.2) is 51.5 Å². The summed E-state index contributed by atoms with van der Waals surface area (Å²) in [6.07, 6.45) is 4.75. The number of nitrogens with one attached hydrogen (secondary N) is 4. The number of carbonyl (C=O) groups is 2. The van der Waals surface area contributed by atoms with Crippen LogP contribution in [0.5, 0.6) is 0 Å². The molecule has 0 radical (unpaired) electrons. The Labute approximate surface area is 165 Å². The zero-order chi connectivity index (χ0) is 20.1. The highest BCUT2D eigenvalue weighted by molar-refractivity contribution is 7.22. The number of pyridine rings is 1. The Morgan fingerprint density at radius 3 is 2.64 bits per heavy atom. The molecule has 0 aromatic carbocycles. The molecule has 0 bridgehead atoms. The predicted octanol–water partition coefficient (Wildman–Crippen LogP) is 1.84. The van der Waals surface area contributed by atoms with Gasteiger partial charge in [0.15, 0.2) is 5.13 Å². The van der Waals surface area contributed by atoms with E-state index in [1.807, 2.05) is 13.0 Å². The van der Waals surface area contributed by atoms with Gasteiger partial charge in [-0.3, -0.25) is 10.1 Å². The Bertz CT molecular complexity index is 991. The molecular formula is C17H20N8O2S. The Morgan fingerprint density at radius 2 is 1.96 bits per heavy atom. The van der Waals surface area contributed by atoms with E-state index in [9.17, 15) is 9.59 Å². The number of hydrogen-bond acceptors (Lipinski definition) is 8. The van der Waals surface area contributed by atoms with Crippen molar-refractivity contribution in [3.05, 3.63) is 24.8 Å². The zero-order valence-corrected chi connectivity index (χ0v) is 16.4. The summed E-state index contributed by atoms with van der Waals surface area (Å²) in [7, 11) is 1.57. The van der Waals surface area contributed by atoms with E-state index in [0.717, 1.165) is 5.56 Å². The van der Waals surface area contributed by atoms with Crippen molar-refractivity contribution in [2.45, 2.75) is 19.9 Å². The number of anilines is 2. The first-order chi connectivity index (χ1) is 13.5. The van der Waals surface area contributed by atoms with Gasteiger partial charge >= 0.3 is 6.03 Å². The van der Waals surface area contributed by atoms with Crippen LogP contribution in [0.15, 0.2) is 24.8 Å². The molecule has 0 fully saturated rings. The van der Waals surface area contributed by atoms with E-state index in [1.165, 1.54) is 17.7 Å². The third kappa shape index (κ3) is 4.31. The van der Waals surface area contributed by atoms with Crippen molar-refractivity contribution in [3.8, 4) is 11.1 Å². The standard InChI is InChI=1S/C17H20N8O2S/c1-4-21-16(27)25-17-23-12-5-11(10-6-19-8-20-7-10)13(24-15(12)28-17)22-9(2)14(26)18-3/h5-9H,4H2,1-3H3,(H,18,26)(H,22,24)(H2,21,23,25,27)/t9-/m0/s1. The monoisotopic (exact) mass is 400 g/mol. The van der Waals surface area contributed by atoms with Gasteiger partial charge in [0.25, 0.3) is 0 Å². The fourth-order valence-corrected chi connectivity index (χ4v) is 3.29. The van der Waals surface area contributed by atoms with Crippen molar-refractivity contribution >= 4 is 44.6 Å². The number of nitrogens with zero attached hydrogens (tertiary/aromatic N) is 4. The van der Waals surface area contributed by atoms with Crippen LogP contribution in [-0.2, 0) is 4.79 Å². The van der Waals surface area contributed by atoms with Crippen LogP contribution in [0.2, 0.25) is 0 Å². The van der Waals surface area contributed by atoms with Crippen LogP contribution < -0.4 is 21.3 Å². The summed E-state index contributed by atoms with van der Waals surface area (Å²) in [4.78, 5) is 41.4. The molecule has 11 heteroatoms. The average Bonchev–Trinajstić information content (AvgIpc) is 3.08. The number of carbonyl (C=O) groups excluding carboxylic acids is 2. The molecule has 0 spiro atoms. The molecule has 0 saturated carbocycles. The third-order valence-electron chi connectivity index (χ3n) is 3.81. The molecular weight excluding hydrogens is 380 g/mol. The lowest BCUT2D eigenvalue weighted by Gasteiger charge is -2.16. The maximum Gasteiger partial charge on any atom is 0.321 e. The Hall–Kier alpha value is -3.34. The van der Waals surface area contributed by atoms with Crippen LogP contribution in [0.1, 0.15) is 13.8 Å². The van der Waals surface area contributed by atoms with Gasteiger partial charge in [-0.1, -0.05) is 11.3 Å². The van der Waals surface area contributed by atoms with E-state index in [-0.39, 0.29) is 11.9 Å². The number of thiazole rings is 1. The lowest BCUT2D eigenvalue weighted by molar-refractivity contribution is -0.121. The number of hydrogen-bond donors (Lipinski definition) is 4. The second-order valence-corrected chi connectivity index (χ2v) is 6.80. The maximum atomic E-state index is 11.9. The molecule has 0 aliphatic rings. The second kappa shape index (κ2) is 8.57. The van der Waals surface area contributed by atoms with Gasteiger partial charge in [0.1, 0.15) is 28.5 Å². The summed E-state index contributed by atoms with van der Waals surface area (Å²) in [5.74, 6) is 0.340. The van der Waals surface area contributed by atoms with E-state index in [0.29, 0.717) is 33.4 Å². The minimum Gasteiger partial charge on any atom is -0.358 e. The van der Waals surface area contributed by atoms with Crippen LogP contribution in [0, 0.1) is 0 Å². The minimum absolute atomic E-state index is 0.167. The quantitative estimate of drug-likeness (QED) is 0.496. The molecule has 146 valence electrons. The van der Waals surface area contributed by atoms with Gasteiger partial charge < -0.3 is 16.0 Å². The maximum absolute atomic E-state index is 11.9. The fourth-order valence-electron chi connectivity index (χ4n) is 2.48. The highest BCUT2D eigenvalue weighted by Gasteiger charge is 2.18. The predicted molar refractivity (Wildman–Crippen MR) is 108 cm³/mol. The van der Waals surface area contributed by atoms with Gasteiger partial charge in [0.2, 0.25) is 5.91 Å². The van der Waals surface area contributed by atoms with Crippen molar-refractivity contribution in [3.63, 3.8) is 0 Å². The van der Waals surface area contributed by atoms with Gasteiger partial charge in [-0.15, -0.1) is 0 Å². The number of fused-ring (bicyclic) bond motifs is 1. The van der Waals surface area contributed by atoms with Crippen molar-refractivity contribution in [2.75, 3.05) is 24.2 Å². The molecule has 4 N–H and O–H groups in total. The molecule has 0 saturated heterocycles. The van der Waals surface area contributed by atoms with Crippen molar-refractivity contribution < 1.29 is 9.59 Å². The average molecular weight is 400 g/mol. The van der Waals surface area contributed by atoms with E-state index < -0.39 is 6.04 Å². The van der Waals surface area contributed by atoms with Gasteiger partial charge in [-0.25, -0.2) is 24.7 Å². The molecule has 28 heavy (non-hydrogen) atoms. The van der Waals surface area contributed by atoms with Crippen LogP contribution in [0.4, 0.5) is 15.7 Å². The number of urea groups is 1. The molecule has 3 aromatic rings. The Morgan fingerprint density at radius 1 is 1.21 bits per heavy atom. The first-order valence-corrected chi connectivity index (χ1v) is 9.43. The van der Waals surface area contributed by atoms with Gasteiger partial charge in [-0.05, 0) is 19.9 Å². The highest BCUT2D eigenvalue weighted by Crippen LogP contribution is 2.33.